The van der Waals surface area contributed by atoms with E-state index in [2.05, 4.69) is 10.6 Å². The van der Waals surface area contributed by atoms with Gasteiger partial charge in [0, 0.05) is 23.5 Å². The molecule has 0 unspecified atom stereocenters. The Balaban J connectivity index is 0.979. The van der Waals surface area contributed by atoms with Crippen LogP contribution in [0.25, 0.3) is 12.2 Å². The fourth-order valence-corrected chi connectivity index (χ4v) is 4.09. The molecule has 0 aromatic heterocycles. The molecule has 0 saturated carbocycles. The van der Waals surface area contributed by atoms with Gasteiger partial charge < -0.3 is 34.3 Å². The van der Waals surface area contributed by atoms with Crippen LogP contribution in [0.5, 0.6) is 34.5 Å². The molecule has 9 heteroatoms. The van der Waals surface area contributed by atoms with E-state index in [1.807, 2.05) is 36.4 Å². The summed E-state index contributed by atoms with van der Waals surface area (Å²) in [7, 11) is 0. The van der Waals surface area contributed by atoms with E-state index in [1.54, 1.807) is 60.7 Å². The summed E-state index contributed by atoms with van der Waals surface area (Å²) < 4.78 is 27.2. The van der Waals surface area contributed by atoms with Crippen molar-refractivity contribution < 1.29 is 33.3 Å². The van der Waals surface area contributed by atoms with E-state index < -0.39 is 0 Å². The SMILES string of the molecule is O=C(/C=C/c1ccc2c(c1)OCO2)Nc1ccc(Oc2ccc(NC(=O)/C=C/c3ccc4c(c3)OCO4)cc2)cc1. The van der Waals surface area contributed by atoms with Crippen LogP contribution in [0.2, 0.25) is 0 Å². The van der Waals surface area contributed by atoms with E-state index in [0.29, 0.717) is 45.9 Å². The minimum atomic E-state index is -0.264. The van der Waals surface area contributed by atoms with E-state index in [-0.39, 0.29) is 25.4 Å². The van der Waals surface area contributed by atoms with Gasteiger partial charge in [0.25, 0.3) is 0 Å². The molecule has 0 aliphatic carbocycles. The standard InChI is InChI=1S/C32H24N2O7/c35-31(15-3-21-1-13-27-29(17-21)39-19-37-27)33-23-5-9-25(10-6-23)41-26-11-7-24(8-12-26)34-32(36)16-4-22-2-14-28-30(18-22)40-20-38-28/h1-18H,19-20H2,(H,33,35)(H,34,36)/b15-3+,16-4+. The Morgan fingerprint density at radius 3 is 1.41 bits per heavy atom. The van der Waals surface area contributed by atoms with Crippen molar-refractivity contribution in [3.63, 3.8) is 0 Å². The van der Waals surface area contributed by atoms with E-state index >= 15 is 0 Å². The lowest BCUT2D eigenvalue weighted by molar-refractivity contribution is -0.112. The van der Waals surface area contributed by atoms with Crippen molar-refractivity contribution in [3.8, 4) is 34.5 Å². The van der Waals surface area contributed by atoms with Crippen molar-refractivity contribution in [2.45, 2.75) is 0 Å². The number of carbonyl (C=O) groups is 2. The zero-order chi connectivity index (χ0) is 28.0. The Bertz CT molecular complexity index is 1520. The number of nitrogens with one attached hydrogen (secondary N) is 2. The van der Waals surface area contributed by atoms with E-state index in [4.69, 9.17) is 23.7 Å². The second-order valence-electron chi connectivity index (χ2n) is 9.02. The number of hydrogen-bond donors (Lipinski definition) is 2. The van der Waals surface area contributed by atoms with E-state index in [0.717, 1.165) is 11.1 Å². The summed E-state index contributed by atoms with van der Waals surface area (Å²) in [4.78, 5) is 24.7. The Morgan fingerprint density at radius 2 is 0.976 bits per heavy atom. The maximum atomic E-state index is 12.3. The summed E-state index contributed by atoms with van der Waals surface area (Å²) in [5.41, 5.74) is 2.92. The number of rotatable bonds is 8. The molecule has 0 spiro atoms. The van der Waals surface area contributed by atoms with Crippen LogP contribution >= 0.6 is 0 Å². The largest absolute Gasteiger partial charge is 0.457 e. The number of anilines is 2. The Labute approximate surface area is 235 Å². The fraction of sp³-hybridized carbons (Fsp3) is 0.0625. The van der Waals surface area contributed by atoms with Crippen molar-refractivity contribution in [1.82, 2.24) is 0 Å². The predicted molar refractivity (Wildman–Crippen MR) is 153 cm³/mol. The number of benzene rings is 4. The maximum absolute atomic E-state index is 12.3. The highest BCUT2D eigenvalue weighted by Crippen LogP contribution is 2.34. The first-order valence-electron chi connectivity index (χ1n) is 12.7. The first-order valence-corrected chi connectivity index (χ1v) is 12.7. The molecular formula is C32H24N2O7. The molecule has 41 heavy (non-hydrogen) atoms. The third-order valence-electron chi connectivity index (χ3n) is 6.13. The lowest BCUT2D eigenvalue weighted by Gasteiger charge is -2.08. The summed E-state index contributed by atoms with van der Waals surface area (Å²) in [5.74, 6) is 3.38. The normalized spacial score (nSPS) is 13.0. The Kier molecular flexibility index (Phi) is 7.23. The fourth-order valence-electron chi connectivity index (χ4n) is 4.09. The van der Waals surface area contributed by atoms with Crippen LogP contribution in [0.4, 0.5) is 11.4 Å². The summed E-state index contributed by atoms with van der Waals surface area (Å²) in [6, 6.07) is 25.0. The highest BCUT2D eigenvalue weighted by Gasteiger charge is 2.13. The lowest BCUT2D eigenvalue weighted by Crippen LogP contribution is -2.07. The average Bonchev–Trinajstić information content (AvgIpc) is 3.66. The third-order valence-corrected chi connectivity index (χ3v) is 6.13. The van der Waals surface area contributed by atoms with Gasteiger partial charge in [-0.05, 0) is 96.1 Å². The number of hydrogen-bond acceptors (Lipinski definition) is 7. The molecule has 0 atom stereocenters. The van der Waals surface area contributed by atoms with Gasteiger partial charge in [-0.2, -0.15) is 0 Å². The monoisotopic (exact) mass is 548 g/mol. The second kappa shape index (κ2) is 11.6. The van der Waals surface area contributed by atoms with Gasteiger partial charge in [-0.1, -0.05) is 12.1 Å². The molecule has 9 nitrogen and oxygen atoms in total. The third kappa shape index (κ3) is 6.48. The molecule has 2 aliphatic rings. The maximum Gasteiger partial charge on any atom is 0.248 e. The highest BCUT2D eigenvalue weighted by atomic mass is 16.7. The molecule has 0 saturated heterocycles. The van der Waals surface area contributed by atoms with Gasteiger partial charge >= 0.3 is 0 Å². The van der Waals surface area contributed by atoms with Gasteiger partial charge in [0.15, 0.2) is 23.0 Å². The molecule has 4 aromatic carbocycles. The van der Waals surface area contributed by atoms with Crippen LogP contribution in [0.15, 0.2) is 97.1 Å². The summed E-state index contributed by atoms with van der Waals surface area (Å²) >= 11 is 0. The Morgan fingerprint density at radius 1 is 0.561 bits per heavy atom. The van der Waals surface area contributed by atoms with Gasteiger partial charge in [0.05, 0.1) is 0 Å². The average molecular weight is 549 g/mol. The van der Waals surface area contributed by atoms with E-state index in [1.165, 1.54) is 12.2 Å². The molecule has 4 aromatic rings. The van der Waals surface area contributed by atoms with Crippen molar-refractivity contribution in [3.05, 3.63) is 108 Å². The summed E-state index contributed by atoms with van der Waals surface area (Å²) in [6.45, 7) is 0.407. The molecular weight excluding hydrogens is 524 g/mol. The molecule has 0 bridgehead atoms. The van der Waals surface area contributed by atoms with E-state index in [9.17, 15) is 9.59 Å². The number of fused-ring (bicyclic) bond motifs is 2. The Hall–Kier alpha value is -5.70. The molecule has 0 fully saturated rings. The van der Waals surface area contributed by atoms with Crippen LogP contribution in [-0.4, -0.2) is 25.4 Å². The van der Waals surface area contributed by atoms with Crippen LogP contribution < -0.4 is 34.3 Å². The molecule has 2 heterocycles. The minimum absolute atomic E-state index is 0.203. The van der Waals surface area contributed by atoms with Crippen molar-refractivity contribution in [2.75, 3.05) is 24.2 Å². The molecule has 2 aliphatic heterocycles. The number of amides is 2. The van der Waals surface area contributed by atoms with Crippen molar-refractivity contribution >= 4 is 35.3 Å². The minimum Gasteiger partial charge on any atom is -0.457 e. The molecule has 0 radical (unpaired) electrons. The van der Waals surface area contributed by atoms with Crippen LogP contribution in [0.1, 0.15) is 11.1 Å². The molecule has 204 valence electrons. The molecule has 6 rings (SSSR count). The zero-order valence-corrected chi connectivity index (χ0v) is 21.7. The van der Waals surface area contributed by atoms with Gasteiger partial charge in [-0.25, -0.2) is 0 Å². The number of ether oxygens (including phenoxy) is 5. The topological polar surface area (TPSA) is 104 Å². The molecule has 2 N–H and O–H groups in total. The zero-order valence-electron chi connectivity index (χ0n) is 21.7. The summed E-state index contributed by atoms with van der Waals surface area (Å²) in [5, 5.41) is 5.64. The van der Waals surface area contributed by atoms with Gasteiger partial charge in [0.2, 0.25) is 25.4 Å². The van der Waals surface area contributed by atoms with Crippen molar-refractivity contribution in [2.24, 2.45) is 0 Å². The first kappa shape index (κ1) is 25.6. The van der Waals surface area contributed by atoms with Gasteiger partial charge in [-0.15, -0.1) is 0 Å². The smallest absolute Gasteiger partial charge is 0.248 e. The quantitative estimate of drug-likeness (QED) is 0.251. The van der Waals surface area contributed by atoms with Crippen molar-refractivity contribution in [1.29, 1.82) is 0 Å². The van der Waals surface area contributed by atoms with Gasteiger partial charge in [0.1, 0.15) is 11.5 Å². The highest BCUT2D eigenvalue weighted by molar-refractivity contribution is 6.02. The van der Waals surface area contributed by atoms with Crippen LogP contribution in [-0.2, 0) is 9.59 Å². The number of carbonyl (C=O) groups excluding carboxylic acids is 2. The van der Waals surface area contributed by atoms with Gasteiger partial charge in [-0.3, -0.25) is 9.59 Å². The van der Waals surface area contributed by atoms with Crippen LogP contribution in [0, 0.1) is 0 Å². The second-order valence-corrected chi connectivity index (χ2v) is 9.02. The first-order chi connectivity index (χ1) is 20.1. The van der Waals surface area contributed by atoms with Crippen LogP contribution in [0.3, 0.4) is 0 Å². The lowest BCUT2D eigenvalue weighted by atomic mass is 10.2. The molecule has 2 amide bonds. The predicted octanol–water partition coefficient (Wildman–Crippen LogP) is 6.24. The summed E-state index contributed by atoms with van der Waals surface area (Å²) in [6.07, 6.45) is 6.32.